The van der Waals surface area contributed by atoms with Gasteiger partial charge in [-0.05, 0) is 48.9 Å². The summed E-state index contributed by atoms with van der Waals surface area (Å²) in [6, 6.07) is 9.16. The van der Waals surface area contributed by atoms with Crippen molar-refractivity contribution in [3.05, 3.63) is 47.5 Å². The van der Waals surface area contributed by atoms with Crippen LogP contribution in [0.5, 0.6) is 23.0 Å². The molecule has 0 atom stereocenters. The third kappa shape index (κ3) is 4.13. The van der Waals surface area contributed by atoms with Crippen molar-refractivity contribution in [2.24, 2.45) is 5.10 Å². The first-order valence-corrected chi connectivity index (χ1v) is 6.82. The van der Waals surface area contributed by atoms with Gasteiger partial charge in [0.1, 0.15) is 5.75 Å². The molecule has 0 aliphatic heterocycles. The maximum absolute atomic E-state index is 11.8. The summed E-state index contributed by atoms with van der Waals surface area (Å²) in [5, 5.41) is 31.7. The molecule has 2 aromatic carbocycles. The van der Waals surface area contributed by atoms with Crippen LogP contribution in [0, 0.1) is 0 Å². The minimum Gasteiger partial charge on any atom is -0.504 e. The molecule has 0 fully saturated rings. The molecule has 7 nitrogen and oxygen atoms in total. The molecule has 0 saturated heterocycles. The summed E-state index contributed by atoms with van der Waals surface area (Å²) in [6.45, 7) is 2.47. The van der Waals surface area contributed by atoms with Crippen molar-refractivity contribution in [3.8, 4) is 23.0 Å². The Kier molecular flexibility index (Phi) is 5.03. The molecule has 0 spiro atoms. The van der Waals surface area contributed by atoms with E-state index in [0.717, 1.165) is 23.4 Å². The molecule has 0 unspecified atom stereocenters. The Balaban J connectivity index is 2.01. The van der Waals surface area contributed by atoms with Gasteiger partial charge in [-0.25, -0.2) is 5.43 Å². The molecule has 0 heterocycles. The van der Waals surface area contributed by atoms with E-state index in [4.69, 9.17) is 4.74 Å². The van der Waals surface area contributed by atoms with Crippen molar-refractivity contribution in [2.45, 2.75) is 6.92 Å². The molecule has 2 aromatic rings. The number of carbonyl (C=O) groups is 1. The molecule has 7 heteroatoms. The summed E-state index contributed by atoms with van der Waals surface area (Å²) in [6.07, 6.45) is 1.44. The van der Waals surface area contributed by atoms with E-state index < -0.39 is 23.2 Å². The number of nitrogens with one attached hydrogen (secondary N) is 1. The van der Waals surface area contributed by atoms with E-state index in [2.05, 4.69) is 10.5 Å². The van der Waals surface area contributed by atoms with Gasteiger partial charge in [0.25, 0.3) is 5.91 Å². The van der Waals surface area contributed by atoms with Crippen molar-refractivity contribution in [1.29, 1.82) is 0 Å². The average molecular weight is 316 g/mol. The molecule has 0 aromatic heterocycles. The number of hydrogen-bond donors (Lipinski definition) is 4. The summed E-state index contributed by atoms with van der Waals surface area (Å²) < 4.78 is 5.31. The third-order valence-corrected chi connectivity index (χ3v) is 2.90. The fourth-order valence-corrected chi connectivity index (χ4v) is 1.78. The molecule has 2 rings (SSSR count). The lowest BCUT2D eigenvalue weighted by Crippen LogP contribution is -2.17. The van der Waals surface area contributed by atoms with Crippen molar-refractivity contribution < 1.29 is 24.9 Å². The van der Waals surface area contributed by atoms with E-state index in [1.54, 1.807) is 24.3 Å². The van der Waals surface area contributed by atoms with E-state index in [9.17, 15) is 20.1 Å². The van der Waals surface area contributed by atoms with Crippen LogP contribution < -0.4 is 10.2 Å². The zero-order valence-electron chi connectivity index (χ0n) is 12.4. The van der Waals surface area contributed by atoms with Gasteiger partial charge in [-0.1, -0.05) is 0 Å². The van der Waals surface area contributed by atoms with Crippen LogP contribution in [0.4, 0.5) is 0 Å². The molecule has 23 heavy (non-hydrogen) atoms. The van der Waals surface area contributed by atoms with E-state index in [-0.39, 0.29) is 5.56 Å². The number of hydrogen-bond acceptors (Lipinski definition) is 6. The Hall–Kier alpha value is -3.22. The van der Waals surface area contributed by atoms with Crippen molar-refractivity contribution in [1.82, 2.24) is 5.43 Å². The first-order valence-electron chi connectivity index (χ1n) is 6.82. The Bertz CT molecular complexity index is 703. The van der Waals surface area contributed by atoms with Crippen LogP contribution in [0.1, 0.15) is 22.8 Å². The van der Waals surface area contributed by atoms with Gasteiger partial charge in [-0.15, -0.1) is 0 Å². The first kappa shape index (κ1) is 16.2. The number of benzene rings is 2. The summed E-state index contributed by atoms with van der Waals surface area (Å²) in [7, 11) is 0. The van der Waals surface area contributed by atoms with Crippen molar-refractivity contribution in [3.63, 3.8) is 0 Å². The van der Waals surface area contributed by atoms with Crippen LogP contribution in [0.2, 0.25) is 0 Å². The number of amides is 1. The largest absolute Gasteiger partial charge is 0.504 e. The smallest absolute Gasteiger partial charge is 0.271 e. The summed E-state index contributed by atoms with van der Waals surface area (Å²) >= 11 is 0. The summed E-state index contributed by atoms with van der Waals surface area (Å²) in [5.41, 5.74) is 2.97. The van der Waals surface area contributed by atoms with Gasteiger partial charge in [0.05, 0.1) is 12.8 Å². The third-order valence-electron chi connectivity index (χ3n) is 2.90. The molecule has 0 bridgehead atoms. The molecule has 0 saturated carbocycles. The number of phenolic OH excluding ortho intramolecular Hbond substituents is 3. The van der Waals surface area contributed by atoms with Gasteiger partial charge in [0.2, 0.25) is 0 Å². The predicted molar refractivity (Wildman–Crippen MR) is 84.1 cm³/mol. The fourth-order valence-electron chi connectivity index (χ4n) is 1.78. The molecule has 120 valence electrons. The quantitative estimate of drug-likeness (QED) is 0.383. The second-order valence-electron chi connectivity index (χ2n) is 4.56. The highest BCUT2D eigenvalue weighted by atomic mass is 16.5. The SMILES string of the molecule is CCOc1ccc(C=NNC(=O)c2cc(O)c(O)c(O)c2)cc1. The second kappa shape index (κ2) is 7.17. The lowest BCUT2D eigenvalue weighted by atomic mass is 10.2. The Morgan fingerprint density at radius 1 is 1.17 bits per heavy atom. The van der Waals surface area contributed by atoms with E-state index in [0.29, 0.717) is 6.61 Å². The number of ether oxygens (including phenoxy) is 1. The van der Waals surface area contributed by atoms with Gasteiger partial charge in [-0.3, -0.25) is 4.79 Å². The molecule has 0 aliphatic carbocycles. The topological polar surface area (TPSA) is 111 Å². The van der Waals surface area contributed by atoms with Gasteiger partial charge in [0.15, 0.2) is 17.2 Å². The zero-order valence-corrected chi connectivity index (χ0v) is 12.4. The molecule has 1 amide bonds. The fraction of sp³-hybridized carbons (Fsp3) is 0.125. The van der Waals surface area contributed by atoms with Gasteiger partial charge in [-0.2, -0.15) is 5.10 Å². The molecular formula is C16H16N2O5. The number of rotatable bonds is 5. The van der Waals surface area contributed by atoms with Crippen molar-refractivity contribution in [2.75, 3.05) is 6.61 Å². The highest BCUT2D eigenvalue weighted by molar-refractivity contribution is 5.96. The number of nitrogens with zero attached hydrogens (tertiary/aromatic N) is 1. The maximum Gasteiger partial charge on any atom is 0.271 e. The van der Waals surface area contributed by atoms with E-state index >= 15 is 0 Å². The van der Waals surface area contributed by atoms with Gasteiger partial charge in [0, 0.05) is 5.56 Å². The molecule has 0 aliphatic rings. The number of carbonyl (C=O) groups excluding carboxylic acids is 1. The van der Waals surface area contributed by atoms with E-state index in [1.807, 2.05) is 6.92 Å². The first-order chi connectivity index (χ1) is 11.0. The number of phenols is 3. The van der Waals surface area contributed by atoms with Crippen LogP contribution in [-0.2, 0) is 0 Å². The lowest BCUT2D eigenvalue weighted by Gasteiger charge is -2.04. The van der Waals surface area contributed by atoms with Gasteiger partial charge < -0.3 is 20.1 Å². The Morgan fingerprint density at radius 3 is 2.35 bits per heavy atom. The number of hydrazone groups is 1. The van der Waals surface area contributed by atoms with Crippen molar-refractivity contribution >= 4 is 12.1 Å². The average Bonchev–Trinajstić information content (AvgIpc) is 2.54. The summed E-state index contributed by atoms with van der Waals surface area (Å²) in [5.74, 6) is -1.77. The molecule has 0 radical (unpaired) electrons. The van der Waals surface area contributed by atoms with Crippen LogP contribution in [0.25, 0.3) is 0 Å². The van der Waals surface area contributed by atoms with Crippen LogP contribution in [0.15, 0.2) is 41.5 Å². The number of aromatic hydroxyl groups is 3. The standard InChI is InChI=1S/C16H16N2O5/c1-2-23-12-5-3-10(4-6-12)9-17-18-16(22)11-7-13(19)15(21)14(20)8-11/h3-9,19-21H,2H2,1H3,(H,18,22). The van der Waals surface area contributed by atoms with Crippen LogP contribution in [0.3, 0.4) is 0 Å². The molecular weight excluding hydrogens is 300 g/mol. The Morgan fingerprint density at radius 2 is 1.78 bits per heavy atom. The van der Waals surface area contributed by atoms with Crippen LogP contribution in [-0.4, -0.2) is 34.0 Å². The second-order valence-corrected chi connectivity index (χ2v) is 4.56. The van der Waals surface area contributed by atoms with Gasteiger partial charge >= 0.3 is 0 Å². The lowest BCUT2D eigenvalue weighted by molar-refractivity contribution is 0.0954. The minimum absolute atomic E-state index is 0.0401. The zero-order chi connectivity index (χ0) is 16.8. The summed E-state index contributed by atoms with van der Waals surface area (Å²) in [4.78, 5) is 11.8. The Labute approximate surface area is 132 Å². The minimum atomic E-state index is -0.681. The maximum atomic E-state index is 11.8. The monoisotopic (exact) mass is 316 g/mol. The highest BCUT2D eigenvalue weighted by Crippen LogP contribution is 2.35. The predicted octanol–water partition coefficient (Wildman–Crippen LogP) is 1.97. The molecule has 4 N–H and O–H groups in total. The van der Waals surface area contributed by atoms with E-state index in [1.165, 1.54) is 6.21 Å². The highest BCUT2D eigenvalue weighted by Gasteiger charge is 2.12. The normalized spacial score (nSPS) is 10.7. The van der Waals surface area contributed by atoms with Crippen LogP contribution >= 0.6 is 0 Å².